The largest absolute Gasteiger partial charge is 0.305 e. The molecule has 98 valence electrons. The van der Waals surface area contributed by atoms with E-state index in [-0.39, 0.29) is 0 Å². The number of rotatable bonds is 9. The molecule has 0 saturated carbocycles. The van der Waals surface area contributed by atoms with E-state index >= 15 is 0 Å². The van der Waals surface area contributed by atoms with Gasteiger partial charge in [-0.3, -0.25) is 4.90 Å². The highest BCUT2D eigenvalue weighted by Gasteiger charge is 2.13. The average molecular weight is 228 g/mol. The molecule has 0 aliphatic carbocycles. The molecule has 0 unspecified atom stereocenters. The SMILES string of the molecule is CCCCCN(C)CCN(C(C)C)C(C)C. The lowest BCUT2D eigenvalue weighted by Gasteiger charge is -2.32. The Bertz CT molecular complexity index is 147. The predicted octanol–water partition coefficient (Wildman–Crippen LogP) is 3.23. The minimum Gasteiger partial charge on any atom is -0.305 e. The van der Waals surface area contributed by atoms with Crippen LogP contribution in [0.4, 0.5) is 0 Å². The zero-order chi connectivity index (χ0) is 12.6. The fraction of sp³-hybridized carbons (Fsp3) is 1.00. The fourth-order valence-corrected chi connectivity index (χ4v) is 2.14. The number of hydrogen-bond donors (Lipinski definition) is 0. The Balaban J connectivity index is 3.74. The highest BCUT2D eigenvalue weighted by Crippen LogP contribution is 2.05. The van der Waals surface area contributed by atoms with Gasteiger partial charge in [0.2, 0.25) is 0 Å². The van der Waals surface area contributed by atoms with Crippen LogP contribution in [0.2, 0.25) is 0 Å². The van der Waals surface area contributed by atoms with E-state index in [4.69, 9.17) is 0 Å². The van der Waals surface area contributed by atoms with E-state index in [1.807, 2.05) is 0 Å². The van der Waals surface area contributed by atoms with Crippen molar-refractivity contribution in [1.82, 2.24) is 9.80 Å². The van der Waals surface area contributed by atoms with E-state index in [1.165, 1.54) is 38.9 Å². The summed E-state index contributed by atoms with van der Waals surface area (Å²) < 4.78 is 0. The van der Waals surface area contributed by atoms with E-state index in [2.05, 4.69) is 51.5 Å². The first-order valence-electron chi connectivity index (χ1n) is 6.93. The predicted molar refractivity (Wildman–Crippen MR) is 74.0 cm³/mol. The van der Waals surface area contributed by atoms with Gasteiger partial charge < -0.3 is 4.90 Å². The maximum Gasteiger partial charge on any atom is 0.0115 e. The van der Waals surface area contributed by atoms with Gasteiger partial charge in [-0.1, -0.05) is 19.8 Å². The molecule has 0 aliphatic rings. The first-order chi connectivity index (χ1) is 7.49. The van der Waals surface area contributed by atoms with E-state index in [1.54, 1.807) is 0 Å². The van der Waals surface area contributed by atoms with E-state index in [0.29, 0.717) is 12.1 Å². The molecule has 0 aromatic carbocycles. The molecule has 0 heterocycles. The highest BCUT2D eigenvalue weighted by atomic mass is 15.2. The van der Waals surface area contributed by atoms with Crippen LogP contribution in [-0.4, -0.2) is 48.6 Å². The van der Waals surface area contributed by atoms with Crippen molar-refractivity contribution in [3.63, 3.8) is 0 Å². The van der Waals surface area contributed by atoms with Crippen molar-refractivity contribution in [2.24, 2.45) is 0 Å². The van der Waals surface area contributed by atoms with Gasteiger partial charge in [0.15, 0.2) is 0 Å². The van der Waals surface area contributed by atoms with Crippen molar-refractivity contribution in [1.29, 1.82) is 0 Å². The molecule has 0 N–H and O–H groups in total. The van der Waals surface area contributed by atoms with Crippen LogP contribution in [0.5, 0.6) is 0 Å². The molecule has 0 spiro atoms. The quantitative estimate of drug-likeness (QED) is 0.559. The standard InChI is InChI=1S/C14H32N2/c1-7-8-9-10-15(6)11-12-16(13(2)3)14(4)5/h13-14H,7-12H2,1-6H3. The molecule has 2 nitrogen and oxygen atoms in total. The Morgan fingerprint density at radius 1 is 0.812 bits per heavy atom. The zero-order valence-corrected chi connectivity index (χ0v) is 12.3. The topological polar surface area (TPSA) is 6.48 Å². The second-order valence-corrected chi connectivity index (χ2v) is 5.44. The van der Waals surface area contributed by atoms with Crippen LogP contribution >= 0.6 is 0 Å². The van der Waals surface area contributed by atoms with E-state index in [9.17, 15) is 0 Å². The first kappa shape index (κ1) is 15.9. The van der Waals surface area contributed by atoms with Crippen molar-refractivity contribution >= 4 is 0 Å². The maximum atomic E-state index is 2.57. The molecule has 0 amide bonds. The molecule has 0 radical (unpaired) electrons. The van der Waals surface area contributed by atoms with Gasteiger partial charge >= 0.3 is 0 Å². The summed E-state index contributed by atoms with van der Waals surface area (Å²) in [6.45, 7) is 15.1. The molecule has 0 aromatic rings. The van der Waals surface area contributed by atoms with E-state index in [0.717, 1.165) is 0 Å². The molecular formula is C14H32N2. The first-order valence-corrected chi connectivity index (χ1v) is 6.93. The van der Waals surface area contributed by atoms with Gasteiger partial charge in [0.25, 0.3) is 0 Å². The summed E-state index contributed by atoms with van der Waals surface area (Å²) in [6.07, 6.45) is 4.02. The molecule has 0 aromatic heterocycles. The van der Waals surface area contributed by atoms with Crippen molar-refractivity contribution in [2.45, 2.75) is 66.0 Å². The lowest BCUT2D eigenvalue weighted by atomic mass is 10.2. The summed E-state index contributed by atoms with van der Waals surface area (Å²) in [7, 11) is 2.24. The van der Waals surface area contributed by atoms with Crippen molar-refractivity contribution in [2.75, 3.05) is 26.7 Å². The van der Waals surface area contributed by atoms with Crippen molar-refractivity contribution < 1.29 is 0 Å². The van der Waals surface area contributed by atoms with Gasteiger partial charge in [0.1, 0.15) is 0 Å². The van der Waals surface area contributed by atoms with Crippen molar-refractivity contribution in [3.05, 3.63) is 0 Å². The minimum absolute atomic E-state index is 0.657. The van der Waals surface area contributed by atoms with Crippen LogP contribution in [0, 0.1) is 0 Å². The smallest absolute Gasteiger partial charge is 0.0115 e. The Hall–Kier alpha value is -0.0800. The molecule has 0 atom stereocenters. The minimum atomic E-state index is 0.657. The van der Waals surface area contributed by atoms with Crippen LogP contribution in [0.1, 0.15) is 53.9 Å². The Morgan fingerprint density at radius 3 is 1.81 bits per heavy atom. The van der Waals surface area contributed by atoms with Crippen LogP contribution in [-0.2, 0) is 0 Å². The normalized spacial score (nSPS) is 12.4. The summed E-state index contributed by atoms with van der Waals surface area (Å²) in [5.41, 5.74) is 0. The maximum absolute atomic E-state index is 2.57. The van der Waals surface area contributed by atoms with Crippen LogP contribution in [0.3, 0.4) is 0 Å². The summed E-state index contributed by atoms with van der Waals surface area (Å²) >= 11 is 0. The molecule has 2 heteroatoms. The summed E-state index contributed by atoms with van der Waals surface area (Å²) in [5, 5.41) is 0. The van der Waals surface area contributed by atoms with Crippen LogP contribution in [0.15, 0.2) is 0 Å². The number of nitrogens with zero attached hydrogens (tertiary/aromatic N) is 2. The third kappa shape index (κ3) is 7.24. The lowest BCUT2D eigenvalue weighted by Crippen LogP contribution is -2.42. The lowest BCUT2D eigenvalue weighted by molar-refractivity contribution is 0.152. The average Bonchev–Trinajstić information content (AvgIpc) is 2.17. The Morgan fingerprint density at radius 2 is 1.38 bits per heavy atom. The number of likely N-dealkylation sites (N-methyl/N-ethyl adjacent to an activating group) is 1. The monoisotopic (exact) mass is 228 g/mol. The summed E-state index contributed by atoms with van der Waals surface area (Å²) in [4.78, 5) is 5.03. The van der Waals surface area contributed by atoms with Crippen molar-refractivity contribution in [3.8, 4) is 0 Å². The molecule has 0 aliphatic heterocycles. The Labute approximate surface area is 103 Å². The second kappa shape index (κ2) is 9.00. The molecule has 0 bridgehead atoms. The third-order valence-corrected chi connectivity index (χ3v) is 3.21. The summed E-state index contributed by atoms with van der Waals surface area (Å²) in [5.74, 6) is 0. The highest BCUT2D eigenvalue weighted by molar-refractivity contribution is 4.68. The number of unbranched alkanes of at least 4 members (excludes halogenated alkanes) is 2. The molecule has 0 saturated heterocycles. The van der Waals surface area contributed by atoms with Gasteiger partial charge in [0, 0.05) is 25.2 Å². The van der Waals surface area contributed by atoms with Crippen LogP contribution in [0.25, 0.3) is 0 Å². The van der Waals surface area contributed by atoms with Crippen LogP contribution < -0.4 is 0 Å². The zero-order valence-electron chi connectivity index (χ0n) is 12.3. The van der Waals surface area contributed by atoms with Gasteiger partial charge in [-0.05, 0) is 47.7 Å². The number of hydrogen-bond acceptors (Lipinski definition) is 2. The molecular weight excluding hydrogens is 196 g/mol. The summed E-state index contributed by atoms with van der Waals surface area (Å²) in [6, 6.07) is 1.31. The van der Waals surface area contributed by atoms with Gasteiger partial charge in [-0.15, -0.1) is 0 Å². The van der Waals surface area contributed by atoms with Gasteiger partial charge in [-0.25, -0.2) is 0 Å². The molecule has 0 rings (SSSR count). The molecule has 0 fully saturated rings. The third-order valence-electron chi connectivity index (χ3n) is 3.21. The van der Waals surface area contributed by atoms with Gasteiger partial charge in [-0.2, -0.15) is 0 Å². The molecule has 16 heavy (non-hydrogen) atoms. The fourth-order valence-electron chi connectivity index (χ4n) is 2.14. The van der Waals surface area contributed by atoms with Gasteiger partial charge in [0.05, 0.1) is 0 Å². The second-order valence-electron chi connectivity index (χ2n) is 5.44. The van der Waals surface area contributed by atoms with E-state index < -0.39 is 0 Å². The Kier molecular flexibility index (Phi) is 8.96.